The third-order valence-electron chi connectivity index (χ3n) is 2.88. The van der Waals surface area contributed by atoms with E-state index in [9.17, 15) is 9.59 Å². The molecule has 1 aliphatic carbocycles. The highest BCUT2D eigenvalue weighted by molar-refractivity contribution is 6.06. The maximum Gasteiger partial charge on any atom is 0.303 e. The average molecular weight is 208 g/mol. The van der Waals surface area contributed by atoms with Crippen LogP contribution in [0.1, 0.15) is 34.6 Å². The number of Topliss-reactive ketones (excluding diaryl/α,β-unsaturated/α-hetero) is 1. The monoisotopic (exact) mass is 208 g/mol. The molecule has 0 saturated heterocycles. The van der Waals surface area contributed by atoms with E-state index in [1.54, 1.807) is 13.8 Å². The molecule has 0 aromatic carbocycles. The first-order chi connectivity index (χ1) is 6.79. The Balaban J connectivity index is 3.24. The van der Waals surface area contributed by atoms with E-state index in [1.165, 1.54) is 6.92 Å². The minimum absolute atomic E-state index is 0.138. The van der Waals surface area contributed by atoms with Crippen molar-refractivity contribution in [1.29, 1.82) is 0 Å². The van der Waals surface area contributed by atoms with Crippen molar-refractivity contribution in [2.45, 2.75) is 40.2 Å². The summed E-state index contributed by atoms with van der Waals surface area (Å²) in [5.41, 5.74) is 1.29. The van der Waals surface area contributed by atoms with Crippen LogP contribution in [0.5, 0.6) is 0 Å². The second-order valence-corrected chi connectivity index (χ2v) is 4.09. The Morgan fingerprint density at radius 2 is 1.87 bits per heavy atom. The summed E-state index contributed by atoms with van der Waals surface area (Å²) in [5, 5.41) is 0. The van der Waals surface area contributed by atoms with E-state index in [-0.39, 0.29) is 5.78 Å². The number of esters is 1. The normalized spacial score (nSPS) is 26.5. The molecule has 0 fully saturated rings. The molecule has 0 aliphatic heterocycles. The standard InChI is InChI=1S/C12H16O3/c1-7-6-8(2)11(14)12(5,9(7)3)15-10(4)13/h6H,1-5H3. The van der Waals surface area contributed by atoms with E-state index >= 15 is 0 Å². The molecule has 1 aliphatic rings. The fraction of sp³-hybridized carbons (Fsp3) is 0.500. The number of carbonyl (C=O) groups is 2. The summed E-state index contributed by atoms with van der Waals surface area (Å²) in [6, 6.07) is 0. The van der Waals surface area contributed by atoms with Crippen LogP contribution in [0.15, 0.2) is 22.8 Å². The molecule has 82 valence electrons. The van der Waals surface area contributed by atoms with Gasteiger partial charge >= 0.3 is 5.97 Å². The summed E-state index contributed by atoms with van der Waals surface area (Å²) in [6.45, 7) is 8.42. The minimum atomic E-state index is -1.12. The Morgan fingerprint density at radius 1 is 1.33 bits per heavy atom. The van der Waals surface area contributed by atoms with E-state index in [0.29, 0.717) is 5.57 Å². The first-order valence-corrected chi connectivity index (χ1v) is 4.89. The zero-order valence-electron chi connectivity index (χ0n) is 9.80. The number of rotatable bonds is 1. The molecule has 0 heterocycles. The van der Waals surface area contributed by atoms with Gasteiger partial charge in [-0.25, -0.2) is 0 Å². The molecule has 3 nitrogen and oxygen atoms in total. The van der Waals surface area contributed by atoms with Crippen LogP contribution in [0.3, 0.4) is 0 Å². The van der Waals surface area contributed by atoms with Gasteiger partial charge in [-0.05, 0) is 44.4 Å². The van der Waals surface area contributed by atoms with Crippen molar-refractivity contribution in [2.75, 3.05) is 0 Å². The van der Waals surface area contributed by atoms with Gasteiger partial charge in [0.1, 0.15) is 0 Å². The van der Waals surface area contributed by atoms with Crippen molar-refractivity contribution in [3.05, 3.63) is 22.8 Å². The fourth-order valence-corrected chi connectivity index (χ4v) is 1.83. The highest BCUT2D eigenvalue weighted by Crippen LogP contribution is 2.32. The number of hydrogen-bond donors (Lipinski definition) is 0. The van der Waals surface area contributed by atoms with Gasteiger partial charge in [-0.2, -0.15) is 0 Å². The predicted molar refractivity (Wildman–Crippen MR) is 57.3 cm³/mol. The van der Waals surface area contributed by atoms with Crippen LogP contribution >= 0.6 is 0 Å². The van der Waals surface area contributed by atoms with Gasteiger partial charge in [-0.15, -0.1) is 0 Å². The average Bonchev–Trinajstić information content (AvgIpc) is 2.11. The predicted octanol–water partition coefficient (Wildman–Crippen LogP) is 2.17. The van der Waals surface area contributed by atoms with E-state index in [1.807, 2.05) is 19.9 Å². The van der Waals surface area contributed by atoms with Gasteiger partial charge < -0.3 is 4.74 Å². The highest BCUT2D eigenvalue weighted by Gasteiger charge is 2.41. The van der Waals surface area contributed by atoms with Gasteiger partial charge in [-0.1, -0.05) is 6.08 Å². The first-order valence-electron chi connectivity index (χ1n) is 4.89. The van der Waals surface area contributed by atoms with E-state index in [0.717, 1.165) is 11.1 Å². The molecule has 0 bridgehead atoms. The molecule has 0 N–H and O–H groups in total. The summed E-state index contributed by atoms with van der Waals surface area (Å²) >= 11 is 0. The lowest BCUT2D eigenvalue weighted by Crippen LogP contribution is -2.43. The highest BCUT2D eigenvalue weighted by atomic mass is 16.6. The Labute approximate surface area is 89.8 Å². The third-order valence-corrected chi connectivity index (χ3v) is 2.88. The van der Waals surface area contributed by atoms with E-state index in [2.05, 4.69) is 0 Å². The van der Waals surface area contributed by atoms with Gasteiger partial charge in [0.2, 0.25) is 5.78 Å². The lowest BCUT2D eigenvalue weighted by molar-refractivity contribution is -0.158. The minimum Gasteiger partial charge on any atom is -0.447 e. The summed E-state index contributed by atoms with van der Waals surface area (Å²) in [7, 11) is 0. The maximum absolute atomic E-state index is 12.0. The van der Waals surface area contributed by atoms with Crippen LogP contribution in [0.4, 0.5) is 0 Å². The van der Waals surface area contributed by atoms with Crippen molar-refractivity contribution in [3.8, 4) is 0 Å². The van der Waals surface area contributed by atoms with Gasteiger partial charge in [0.05, 0.1) is 0 Å². The van der Waals surface area contributed by atoms with Crippen LogP contribution in [0.2, 0.25) is 0 Å². The van der Waals surface area contributed by atoms with Gasteiger partial charge in [-0.3, -0.25) is 9.59 Å². The zero-order chi connectivity index (χ0) is 11.8. The molecule has 0 spiro atoms. The van der Waals surface area contributed by atoms with Crippen LogP contribution in [0.25, 0.3) is 0 Å². The third kappa shape index (κ3) is 1.87. The molecule has 3 heteroatoms. The molecule has 0 amide bonds. The second kappa shape index (κ2) is 3.65. The van der Waals surface area contributed by atoms with Crippen molar-refractivity contribution < 1.29 is 14.3 Å². The molecule has 0 aromatic rings. The largest absolute Gasteiger partial charge is 0.447 e. The molecular formula is C12H16O3. The summed E-state index contributed by atoms with van der Waals surface area (Å²) in [4.78, 5) is 23.0. The zero-order valence-corrected chi connectivity index (χ0v) is 9.80. The summed E-state index contributed by atoms with van der Waals surface area (Å²) in [5.74, 6) is -0.575. The SMILES string of the molecule is CC(=O)OC1(C)C(=O)C(C)=CC(C)=C1C. The molecule has 15 heavy (non-hydrogen) atoms. The van der Waals surface area contributed by atoms with Gasteiger partial charge in [0.25, 0.3) is 0 Å². The second-order valence-electron chi connectivity index (χ2n) is 4.09. The first kappa shape index (κ1) is 11.7. The number of allylic oxidation sites excluding steroid dienone is 2. The Kier molecular flexibility index (Phi) is 2.84. The van der Waals surface area contributed by atoms with Gasteiger partial charge in [0.15, 0.2) is 5.60 Å². The fourth-order valence-electron chi connectivity index (χ4n) is 1.83. The van der Waals surface area contributed by atoms with E-state index in [4.69, 9.17) is 4.74 Å². The molecular weight excluding hydrogens is 192 g/mol. The molecule has 1 rings (SSSR count). The summed E-state index contributed by atoms with van der Waals surface area (Å²) in [6.07, 6.45) is 1.82. The maximum atomic E-state index is 12.0. The van der Waals surface area contributed by atoms with Crippen molar-refractivity contribution >= 4 is 11.8 Å². The molecule has 0 saturated carbocycles. The van der Waals surface area contributed by atoms with Crippen molar-refractivity contribution in [3.63, 3.8) is 0 Å². The Morgan fingerprint density at radius 3 is 2.33 bits per heavy atom. The Hall–Kier alpha value is -1.38. The molecule has 0 radical (unpaired) electrons. The molecule has 1 atom stereocenters. The number of carbonyl (C=O) groups excluding carboxylic acids is 2. The van der Waals surface area contributed by atoms with Crippen molar-refractivity contribution in [1.82, 2.24) is 0 Å². The number of ketones is 1. The Bertz CT molecular complexity index is 388. The van der Waals surface area contributed by atoms with Crippen molar-refractivity contribution in [2.24, 2.45) is 0 Å². The molecule has 0 aromatic heterocycles. The number of ether oxygens (including phenoxy) is 1. The van der Waals surface area contributed by atoms with Crippen LogP contribution in [-0.2, 0) is 14.3 Å². The lowest BCUT2D eigenvalue weighted by Gasteiger charge is -2.32. The number of hydrogen-bond acceptors (Lipinski definition) is 3. The topological polar surface area (TPSA) is 43.4 Å². The van der Waals surface area contributed by atoms with Crippen LogP contribution in [0, 0.1) is 0 Å². The lowest BCUT2D eigenvalue weighted by atomic mass is 9.81. The van der Waals surface area contributed by atoms with Crippen LogP contribution in [-0.4, -0.2) is 17.4 Å². The summed E-state index contributed by atoms with van der Waals surface area (Å²) < 4.78 is 5.16. The van der Waals surface area contributed by atoms with Gasteiger partial charge in [0, 0.05) is 6.92 Å². The smallest absolute Gasteiger partial charge is 0.303 e. The van der Waals surface area contributed by atoms with E-state index < -0.39 is 11.6 Å². The quantitative estimate of drug-likeness (QED) is 0.620. The molecule has 1 unspecified atom stereocenters. The van der Waals surface area contributed by atoms with Crippen LogP contribution < -0.4 is 0 Å².